The smallest absolute Gasteiger partial charge is 0.232 e. The van der Waals surface area contributed by atoms with Gasteiger partial charge in [-0.15, -0.1) is 10.2 Å². The number of nitrogens with zero attached hydrogens (tertiary/aromatic N) is 5. The summed E-state index contributed by atoms with van der Waals surface area (Å²) in [5, 5.41) is 15.3. The molecule has 3 aromatic rings. The van der Waals surface area contributed by atoms with E-state index in [2.05, 4.69) is 49.6 Å². The van der Waals surface area contributed by atoms with Crippen molar-refractivity contribution < 1.29 is 4.39 Å². The quantitative estimate of drug-likeness (QED) is 0.483. The molecule has 2 aromatic heterocycles. The van der Waals surface area contributed by atoms with Crippen LogP contribution in [0.4, 0.5) is 27.1 Å². The number of thioether (sulfide) groups is 1. The van der Waals surface area contributed by atoms with Crippen molar-refractivity contribution in [2.45, 2.75) is 23.9 Å². The van der Waals surface area contributed by atoms with Crippen LogP contribution in [0.1, 0.15) is 19.7 Å². The third kappa shape index (κ3) is 6.00. The summed E-state index contributed by atoms with van der Waals surface area (Å²) in [7, 11) is 0. The summed E-state index contributed by atoms with van der Waals surface area (Å²) in [6, 6.07) is 5.89. The lowest BCUT2D eigenvalue weighted by Crippen LogP contribution is -2.07. The minimum Gasteiger partial charge on any atom is -0.368 e. The number of nitrogens with one attached hydrogen (secondary N) is 2. The number of aromatic nitrogens is 5. The number of nitrogen functional groups attached to an aromatic ring is 1. The number of hydrogen-bond donors (Lipinski definition) is 3. The summed E-state index contributed by atoms with van der Waals surface area (Å²) in [4.78, 5) is 12.5. The van der Waals surface area contributed by atoms with Crippen LogP contribution in [-0.2, 0) is 5.75 Å². The Labute approximate surface area is 164 Å². The van der Waals surface area contributed by atoms with E-state index in [-0.39, 0.29) is 11.8 Å². The summed E-state index contributed by atoms with van der Waals surface area (Å²) >= 11 is 2.96. The first-order valence-electron chi connectivity index (χ1n) is 8.21. The fraction of sp³-hybridized carbons (Fsp3) is 0.312. The van der Waals surface area contributed by atoms with Gasteiger partial charge in [0.05, 0.1) is 5.75 Å². The van der Waals surface area contributed by atoms with Gasteiger partial charge in [-0.1, -0.05) is 36.9 Å². The van der Waals surface area contributed by atoms with Crippen molar-refractivity contribution >= 4 is 45.8 Å². The summed E-state index contributed by atoms with van der Waals surface area (Å²) in [5.74, 6) is 1.63. The third-order valence-electron chi connectivity index (χ3n) is 3.19. The van der Waals surface area contributed by atoms with E-state index in [0.717, 1.165) is 16.0 Å². The summed E-state index contributed by atoms with van der Waals surface area (Å²) in [5.41, 5.74) is 6.43. The highest BCUT2D eigenvalue weighted by molar-refractivity contribution is 8.00. The fourth-order valence-electron chi connectivity index (χ4n) is 1.98. The zero-order valence-corrected chi connectivity index (χ0v) is 16.4. The predicted octanol–water partition coefficient (Wildman–Crippen LogP) is 3.55. The first-order chi connectivity index (χ1) is 13.0. The maximum absolute atomic E-state index is 13.0. The Morgan fingerprint density at radius 1 is 1.15 bits per heavy atom. The normalized spacial score (nSPS) is 11.0. The van der Waals surface area contributed by atoms with Gasteiger partial charge in [0, 0.05) is 12.2 Å². The molecule has 8 nitrogen and oxygen atoms in total. The highest BCUT2D eigenvalue weighted by atomic mass is 32.2. The second-order valence-corrected chi connectivity index (χ2v) is 8.20. The molecule has 142 valence electrons. The molecule has 0 atom stereocenters. The zero-order valence-electron chi connectivity index (χ0n) is 14.8. The first kappa shape index (κ1) is 19.2. The van der Waals surface area contributed by atoms with E-state index < -0.39 is 0 Å². The van der Waals surface area contributed by atoms with Crippen LogP contribution < -0.4 is 16.4 Å². The van der Waals surface area contributed by atoms with Crippen LogP contribution in [0.2, 0.25) is 0 Å². The van der Waals surface area contributed by atoms with Crippen LogP contribution in [0.25, 0.3) is 0 Å². The van der Waals surface area contributed by atoms with Gasteiger partial charge in [-0.25, -0.2) is 4.39 Å². The molecule has 2 heterocycles. The Balaban J connectivity index is 1.61. The lowest BCUT2D eigenvalue weighted by molar-refractivity contribution is 0.628. The van der Waals surface area contributed by atoms with Gasteiger partial charge < -0.3 is 16.4 Å². The van der Waals surface area contributed by atoms with E-state index in [9.17, 15) is 4.39 Å². The van der Waals surface area contributed by atoms with Crippen LogP contribution in [0, 0.1) is 11.7 Å². The predicted molar refractivity (Wildman–Crippen MR) is 107 cm³/mol. The first-order valence-corrected chi connectivity index (χ1v) is 10.0. The van der Waals surface area contributed by atoms with Gasteiger partial charge in [-0.2, -0.15) is 15.0 Å². The van der Waals surface area contributed by atoms with E-state index in [0.29, 0.717) is 29.1 Å². The molecule has 0 unspecified atom stereocenters. The molecule has 1 aromatic carbocycles. The third-order valence-corrected chi connectivity index (χ3v) is 5.20. The molecule has 27 heavy (non-hydrogen) atoms. The van der Waals surface area contributed by atoms with Gasteiger partial charge in [0.2, 0.25) is 17.0 Å². The molecular weight excluding hydrogens is 387 g/mol. The molecular formula is C16H19FN8S2. The average molecular weight is 407 g/mol. The van der Waals surface area contributed by atoms with Gasteiger partial charge in [-0.3, -0.25) is 0 Å². The van der Waals surface area contributed by atoms with E-state index in [1.54, 1.807) is 12.1 Å². The Morgan fingerprint density at radius 3 is 2.67 bits per heavy atom. The van der Waals surface area contributed by atoms with Crippen LogP contribution in [0.15, 0.2) is 28.6 Å². The van der Waals surface area contributed by atoms with E-state index >= 15 is 0 Å². The van der Waals surface area contributed by atoms with Gasteiger partial charge >= 0.3 is 0 Å². The molecule has 0 aliphatic rings. The second-order valence-electron chi connectivity index (χ2n) is 6.00. The van der Waals surface area contributed by atoms with E-state index in [1.807, 2.05) is 0 Å². The average Bonchev–Trinajstić information content (AvgIpc) is 3.08. The Kier molecular flexibility index (Phi) is 6.35. The fourth-order valence-corrected chi connectivity index (χ4v) is 3.59. The molecule has 0 radical (unpaired) electrons. The molecule has 0 fully saturated rings. The molecule has 0 amide bonds. The minimum atomic E-state index is -0.313. The van der Waals surface area contributed by atoms with Crippen molar-refractivity contribution in [3.63, 3.8) is 0 Å². The number of benzene rings is 1. The number of anilines is 4. The topological polar surface area (TPSA) is 115 Å². The zero-order chi connectivity index (χ0) is 19.2. The maximum atomic E-state index is 13.0. The number of rotatable bonds is 8. The standard InChI is InChI=1S/C16H19FN8S2/c1-9(2)7-19-15-24-25-16(27-15)26-8-12-21-13(18)23-14(22-12)20-11-5-3-10(17)4-6-11/h3-6,9H,7-8H2,1-2H3,(H,19,24)(H3,18,20,21,22,23). The van der Waals surface area contributed by atoms with Crippen molar-refractivity contribution in [1.29, 1.82) is 0 Å². The molecule has 3 rings (SSSR count). The highest BCUT2D eigenvalue weighted by Gasteiger charge is 2.09. The van der Waals surface area contributed by atoms with Crippen LogP contribution in [0.5, 0.6) is 0 Å². The summed E-state index contributed by atoms with van der Waals surface area (Å²) < 4.78 is 13.8. The van der Waals surface area contributed by atoms with E-state index in [4.69, 9.17) is 5.73 Å². The number of nitrogens with two attached hydrogens (primary N) is 1. The molecule has 11 heteroatoms. The van der Waals surface area contributed by atoms with Crippen molar-refractivity contribution in [2.75, 3.05) is 22.9 Å². The summed E-state index contributed by atoms with van der Waals surface area (Å²) in [6.07, 6.45) is 0. The van der Waals surface area contributed by atoms with E-state index in [1.165, 1.54) is 35.2 Å². The van der Waals surface area contributed by atoms with Gasteiger partial charge in [0.25, 0.3) is 0 Å². The van der Waals surface area contributed by atoms with Crippen molar-refractivity contribution in [2.24, 2.45) is 5.92 Å². The van der Waals surface area contributed by atoms with Gasteiger partial charge in [0.15, 0.2) is 4.34 Å². The Morgan fingerprint density at radius 2 is 1.93 bits per heavy atom. The molecule has 0 aliphatic carbocycles. The van der Waals surface area contributed by atoms with Crippen LogP contribution in [0.3, 0.4) is 0 Å². The van der Waals surface area contributed by atoms with Gasteiger partial charge in [-0.05, 0) is 30.2 Å². The van der Waals surface area contributed by atoms with Gasteiger partial charge in [0.1, 0.15) is 11.6 Å². The van der Waals surface area contributed by atoms with Crippen LogP contribution in [-0.4, -0.2) is 31.7 Å². The highest BCUT2D eigenvalue weighted by Crippen LogP contribution is 2.28. The Bertz CT molecular complexity index is 884. The largest absolute Gasteiger partial charge is 0.368 e. The number of hydrogen-bond acceptors (Lipinski definition) is 10. The van der Waals surface area contributed by atoms with Crippen molar-refractivity contribution in [3.05, 3.63) is 35.9 Å². The maximum Gasteiger partial charge on any atom is 0.232 e. The van der Waals surface area contributed by atoms with Crippen molar-refractivity contribution in [3.8, 4) is 0 Å². The number of halogens is 1. The SMILES string of the molecule is CC(C)CNc1nnc(SCc2nc(N)nc(Nc3ccc(F)cc3)n2)s1. The molecule has 0 spiro atoms. The monoisotopic (exact) mass is 406 g/mol. The van der Waals surface area contributed by atoms with Crippen LogP contribution >= 0.6 is 23.1 Å². The molecule has 4 N–H and O–H groups in total. The lowest BCUT2D eigenvalue weighted by Gasteiger charge is -2.06. The molecule has 0 aliphatic heterocycles. The van der Waals surface area contributed by atoms with Crippen molar-refractivity contribution in [1.82, 2.24) is 25.1 Å². The molecule has 0 saturated heterocycles. The second kappa shape index (κ2) is 8.91. The summed E-state index contributed by atoms with van der Waals surface area (Å²) in [6.45, 7) is 5.11. The molecule has 0 saturated carbocycles. The minimum absolute atomic E-state index is 0.113. The molecule has 0 bridgehead atoms. The Hall–Kier alpha value is -2.53. The lowest BCUT2D eigenvalue weighted by atomic mass is 10.2.